The number of hydrogen-bond donors (Lipinski definition) is 1. The second-order valence-corrected chi connectivity index (χ2v) is 6.56. The van der Waals surface area contributed by atoms with E-state index < -0.39 is 29.9 Å². The molecule has 4 rings (SSSR count). The third-order valence-corrected chi connectivity index (χ3v) is 4.56. The van der Waals surface area contributed by atoms with Gasteiger partial charge in [0.1, 0.15) is 17.7 Å². The van der Waals surface area contributed by atoms with Crippen molar-refractivity contribution >= 4 is 6.09 Å². The number of halogens is 2. The average molecular weight is 401 g/mol. The first-order valence-electron chi connectivity index (χ1n) is 8.93. The molecule has 0 radical (unpaired) electrons. The van der Waals surface area contributed by atoms with Crippen molar-refractivity contribution in [3.05, 3.63) is 100 Å². The molecule has 1 unspecified atom stereocenters. The van der Waals surface area contributed by atoms with Gasteiger partial charge in [-0.3, -0.25) is 4.98 Å². The van der Waals surface area contributed by atoms with Crippen LogP contribution in [-0.2, 0) is 4.74 Å². The highest BCUT2D eigenvalue weighted by Gasteiger charge is 2.38. The Morgan fingerprint density at radius 3 is 2.47 bits per heavy atom. The van der Waals surface area contributed by atoms with Crippen molar-refractivity contribution in [3.8, 4) is 17.9 Å². The largest absolute Gasteiger partial charge is 0.439 e. The summed E-state index contributed by atoms with van der Waals surface area (Å²) in [6.45, 7) is 0. The highest BCUT2D eigenvalue weighted by Crippen LogP contribution is 2.37. The molecule has 7 heteroatoms. The van der Waals surface area contributed by atoms with Crippen LogP contribution in [0.15, 0.2) is 60.9 Å². The molecule has 30 heavy (non-hydrogen) atoms. The summed E-state index contributed by atoms with van der Waals surface area (Å²) in [5.74, 6) is 4.63. The molecule has 1 fully saturated rings. The van der Waals surface area contributed by atoms with Gasteiger partial charge in [0.15, 0.2) is 6.10 Å². The fourth-order valence-corrected chi connectivity index (χ4v) is 3.12. The van der Waals surface area contributed by atoms with Crippen LogP contribution in [0.5, 0.6) is 0 Å². The van der Waals surface area contributed by atoms with E-state index in [4.69, 9.17) is 10.00 Å². The van der Waals surface area contributed by atoms with Gasteiger partial charge in [-0.05, 0) is 54.1 Å². The van der Waals surface area contributed by atoms with E-state index >= 15 is 0 Å². The number of alkyl carbamates (subject to hydrolysis) is 1. The molecule has 0 spiro atoms. The van der Waals surface area contributed by atoms with Crippen LogP contribution in [0.2, 0.25) is 0 Å². The van der Waals surface area contributed by atoms with Gasteiger partial charge < -0.3 is 10.1 Å². The van der Waals surface area contributed by atoms with Crippen molar-refractivity contribution in [1.82, 2.24) is 10.3 Å². The first-order chi connectivity index (χ1) is 14.5. The summed E-state index contributed by atoms with van der Waals surface area (Å²) in [6, 6.07) is 12.8. The van der Waals surface area contributed by atoms with Crippen LogP contribution in [0.4, 0.5) is 13.6 Å². The molecule has 146 valence electrons. The number of nitriles is 1. The monoisotopic (exact) mass is 401 g/mol. The Morgan fingerprint density at radius 1 is 0.967 bits per heavy atom. The van der Waals surface area contributed by atoms with Crippen molar-refractivity contribution in [2.75, 3.05) is 0 Å². The van der Waals surface area contributed by atoms with Crippen LogP contribution >= 0.6 is 0 Å². The predicted octanol–water partition coefficient (Wildman–Crippen LogP) is 4.15. The second kappa shape index (κ2) is 8.02. The lowest BCUT2D eigenvalue weighted by Crippen LogP contribution is -2.20. The molecule has 3 aromatic rings. The fraction of sp³-hybridized carbons (Fsp3) is 0.0870. The van der Waals surface area contributed by atoms with Gasteiger partial charge >= 0.3 is 6.09 Å². The molecule has 0 aliphatic carbocycles. The maximum atomic E-state index is 14.2. The smallest absolute Gasteiger partial charge is 0.408 e. The third-order valence-electron chi connectivity index (χ3n) is 4.56. The van der Waals surface area contributed by atoms with E-state index in [9.17, 15) is 13.6 Å². The molecule has 1 aromatic heterocycles. The number of rotatable bonds is 2. The van der Waals surface area contributed by atoms with E-state index in [0.29, 0.717) is 16.7 Å². The number of ether oxygens (including phenoxy) is 1. The zero-order chi connectivity index (χ0) is 21.1. The molecule has 1 aliphatic rings. The molecule has 5 nitrogen and oxygen atoms in total. The van der Waals surface area contributed by atoms with Crippen molar-refractivity contribution < 1.29 is 18.3 Å². The molecule has 1 aliphatic heterocycles. The Bertz CT molecular complexity index is 1220. The Labute approximate surface area is 170 Å². The molecular formula is C23H13F2N3O2. The van der Waals surface area contributed by atoms with Crippen molar-refractivity contribution in [2.24, 2.45) is 0 Å². The van der Waals surface area contributed by atoms with Gasteiger partial charge in [0, 0.05) is 29.1 Å². The normalized spacial score (nSPS) is 17.3. The van der Waals surface area contributed by atoms with Crippen LogP contribution in [0.25, 0.3) is 0 Å². The Morgan fingerprint density at radius 2 is 1.70 bits per heavy atom. The molecule has 2 atom stereocenters. The summed E-state index contributed by atoms with van der Waals surface area (Å²) in [5, 5.41) is 11.5. The van der Waals surface area contributed by atoms with Gasteiger partial charge in [0.05, 0.1) is 11.6 Å². The van der Waals surface area contributed by atoms with E-state index in [1.165, 1.54) is 6.20 Å². The molecule has 1 saturated heterocycles. The zero-order valence-corrected chi connectivity index (χ0v) is 15.4. The number of amides is 1. The Kier molecular flexibility index (Phi) is 5.11. The van der Waals surface area contributed by atoms with Gasteiger partial charge in [-0.1, -0.05) is 11.8 Å². The van der Waals surface area contributed by atoms with Crippen LogP contribution < -0.4 is 5.32 Å². The minimum Gasteiger partial charge on any atom is -0.439 e. The Balaban J connectivity index is 1.64. The molecule has 0 saturated carbocycles. The highest BCUT2D eigenvalue weighted by atomic mass is 19.1. The number of carbonyl (C=O) groups is 1. The minimum absolute atomic E-state index is 0.0626. The lowest BCUT2D eigenvalue weighted by molar-refractivity contribution is 0.130. The van der Waals surface area contributed by atoms with Gasteiger partial charge in [-0.2, -0.15) is 5.26 Å². The summed E-state index contributed by atoms with van der Waals surface area (Å²) in [7, 11) is 0. The second-order valence-electron chi connectivity index (χ2n) is 6.56. The van der Waals surface area contributed by atoms with Crippen molar-refractivity contribution in [1.29, 1.82) is 5.26 Å². The SMILES string of the molecule is N#Cc1ccc(C#Cc2cncc([C@H]3NC(=O)OC3c3cc(F)ccc3F)c2)cc1. The zero-order valence-electron chi connectivity index (χ0n) is 15.4. The van der Waals surface area contributed by atoms with Crippen LogP contribution in [-0.4, -0.2) is 11.1 Å². The first-order valence-corrected chi connectivity index (χ1v) is 8.93. The van der Waals surface area contributed by atoms with E-state index in [1.54, 1.807) is 36.5 Å². The van der Waals surface area contributed by atoms with Crippen molar-refractivity contribution in [2.45, 2.75) is 12.1 Å². The lowest BCUT2D eigenvalue weighted by atomic mass is 9.96. The van der Waals surface area contributed by atoms with Gasteiger partial charge in [-0.15, -0.1) is 0 Å². The minimum atomic E-state index is -1.04. The van der Waals surface area contributed by atoms with Crippen LogP contribution in [0, 0.1) is 34.8 Å². The van der Waals surface area contributed by atoms with Gasteiger partial charge in [0.25, 0.3) is 0 Å². The van der Waals surface area contributed by atoms with E-state index in [-0.39, 0.29) is 5.56 Å². The average Bonchev–Trinajstić information content (AvgIpc) is 3.16. The summed E-state index contributed by atoms with van der Waals surface area (Å²) >= 11 is 0. The van der Waals surface area contributed by atoms with Crippen LogP contribution in [0.1, 0.15) is 40.0 Å². The number of hydrogen-bond acceptors (Lipinski definition) is 4. The van der Waals surface area contributed by atoms with Crippen molar-refractivity contribution in [3.63, 3.8) is 0 Å². The highest BCUT2D eigenvalue weighted by molar-refractivity contribution is 5.71. The third kappa shape index (κ3) is 3.96. The number of pyridine rings is 1. The maximum Gasteiger partial charge on any atom is 0.408 e. The number of benzene rings is 2. The molecular weight excluding hydrogens is 388 g/mol. The quantitative estimate of drug-likeness (QED) is 0.655. The maximum absolute atomic E-state index is 14.2. The summed E-state index contributed by atoms with van der Waals surface area (Å²) in [6.07, 6.45) is 1.28. The first kappa shape index (κ1) is 19.1. The molecule has 2 aromatic carbocycles. The summed E-state index contributed by atoms with van der Waals surface area (Å²) in [4.78, 5) is 16.0. The summed E-state index contributed by atoms with van der Waals surface area (Å²) in [5.41, 5.74) is 2.30. The number of aromatic nitrogens is 1. The predicted molar refractivity (Wildman–Crippen MR) is 103 cm³/mol. The standard InChI is InChI=1S/C23H13F2N3O2/c24-18-7-8-20(25)19(10-18)22-21(28-23(29)30-22)17-9-16(12-27-13-17)6-3-14-1-4-15(11-26)5-2-14/h1-2,4-5,7-10,12-13,21-22H,(H,28,29)/t21-,22?/m1/s1. The number of carbonyl (C=O) groups excluding carboxylic acids is 1. The van der Waals surface area contributed by atoms with Gasteiger partial charge in [-0.25, -0.2) is 13.6 Å². The lowest BCUT2D eigenvalue weighted by Gasteiger charge is -2.18. The van der Waals surface area contributed by atoms with E-state index in [1.807, 2.05) is 6.07 Å². The van der Waals surface area contributed by atoms with E-state index in [2.05, 4.69) is 22.1 Å². The Hall–Kier alpha value is -4.23. The number of nitrogens with zero attached hydrogens (tertiary/aromatic N) is 2. The van der Waals surface area contributed by atoms with Gasteiger partial charge in [0.2, 0.25) is 0 Å². The molecule has 1 amide bonds. The van der Waals surface area contributed by atoms with Crippen LogP contribution in [0.3, 0.4) is 0 Å². The molecule has 0 bridgehead atoms. The number of cyclic esters (lactones) is 1. The summed E-state index contributed by atoms with van der Waals surface area (Å²) < 4.78 is 33.1. The number of nitrogens with one attached hydrogen (secondary N) is 1. The molecule has 1 N–H and O–H groups in total. The topological polar surface area (TPSA) is 75.0 Å². The fourth-order valence-electron chi connectivity index (χ4n) is 3.12. The molecule has 2 heterocycles. The van der Waals surface area contributed by atoms with E-state index in [0.717, 1.165) is 23.8 Å².